The second-order valence-electron chi connectivity index (χ2n) is 8.65. The number of β-amino-alcohol motifs (C(OH)–C–C–N with tert-alkyl or cyclic N) is 1. The van der Waals surface area contributed by atoms with E-state index in [1.54, 1.807) is 17.5 Å². The van der Waals surface area contributed by atoms with E-state index in [0.29, 0.717) is 4.88 Å². The van der Waals surface area contributed by atoms with Crippen molar-refractivity contribution in [3.05, 3.63) is 82.0 Å². The molecule has 5 rings (SSSR count). The molecule has 0 radical (unpaired) electrons. The number of carbonyl (C=O) groups is 3. The number of rotatable bonds is 6. The van der Waals surface area contributed by atoms with Gasteiger partial charge in [-0.3, -0.25) is 4.79 Å². The summed E-state index contributed by atoms with van der Waals surface area (Å²) in [5, 5.41) is 23.8. The minimum atomic E-state index is -1.19. The molecule has 1 saturated heterocycles. The van der Waals surface area contributed by atoms with Crippen molar-refractivity contribution in [1.82, 2.24) is 10.2 Å². The van der Waals surface area contributed by atoms with Crippen molar-refractivity contribution in [3.8, 4) is 11.1 Å². The highest BCUT2D eigenvalue weighted by Gasteiger charge is 2.42. The fraction of sp³-hybridized carbons (Fsp3) is 0.269. The van der Waals surface area contributed by atoms with Crippen LogP contribution in [0.3, 0.4) is 0 Å². The molecule has 2 aromatic carbocycles. The van der Waals surface area contributed by atoms with Crippen molar-refractivity contribution in [3.63, 3.8) is 0 Å². The van der Waals surface area contributed by atoms with Crippen LogP contribution in [0, 0.1) is 0 Å². The van der Waals surface area contributed by atoms with Crippen LogP contribution in [0.25, 0.3) is 11.1 Å². The second kappa shape index (κ2) is 9.52. The third-order valence-corrected chi connectivity index (χ3v) is 7.46. The number of carboxylic acids is 1. The lowest BCUT2D eigenvalue weighted by Crippen LogP contribution is -2.47. The predicted molar refractivity (Wildman–Crippen MR) is 129 cm³/mol. The third kappa shape index (κ3) is 4.40. The molecular formula is C26H24N2O6S. The summed E-state index contributed by atoms with van der Waals surface area (Å²) in [5.74, 6) is -1.92. The number of aliphatic carboxylic acids is 1. The average molecular weight is 493 g/mol. The molecule has 9 heteroatoms. The minimum Gasteiger partial charge on any atom is -0.480 e. The van der Waals surface area contributed by atoms with Gasteiger partial charge in [-0.2, -0.15) is 0 Å². The Labute approximate surface area is 205 Å². The van der Waals surface area contributed by atoms with Crippen LogP contribution in [-0.2, 0) is 14.3 Å². The van der Waals surface area contributed by atoms with Crippen molar-refractivity contribution in [2.45, 2.75) is 30.5 Å². The molecule has 1 aliphatic heterocycles. The summed E-state index contributed by atoms with van der Waals surface area (Å²) in [4.78, 5) is 39.5. The standard InChI is InChI=1S/C26H24N2O6S/c29-15-12-21(25(31)32)28(13-15)24(30)23(22-10-5-11-35-22)27-26(33)34-14-20-18-8-3-1-6-16(18)17-7-2-4-9-19(17)20/h1-11,15,20-21,23,29H,12-14H2,(H,27,33)(H,31,32)/t15-,21-,23?/m1/s1. The molecular weight excluding hydrogens is 468 g/mol. The van der Waals surface area contributed by atoms with Gasteiger partial charge < -0.3 is 25.2 Å². The van der Waals surface area contributed by atoms with E-state index in [-0.39, 0.29) is 25.5 Å². The summed E-state index contributed by atoms with van der Waals surface area (Å²) in [5.41, 5.74) is 4.36. The number of thiophene rings is 1. The van der Waals surface area contributed by atoms with Crippen LogP contribution in [-0.4, -0.2) is 58.4 Å². The fourth-order valence-corrected chi connectivity index (χ4v) is 5.69. The Kier molecular flexibility index (Phi) is 6.27. The van der Waals surface area contributed by atoms with Crippen LogP contribution in [0.5, 0.6) is 0 Å². The first-order valence-electron chi connectivity index (χ1n) is 11.3. The van der Waals surface area contributed by atoms with Gasteiger partial charge >= 0.3 is 12.1 Å². The Balaban J connectivity index is 1.32. The third-order valence-electron chi connectivity index (χ3n) is 6.53. The zero-order valence-electron chi connectivity index (χ0n) is 18.7. The molecule has 0 saturated carbocycles. The number of hydrogen-bond donors (Lipinski definition) is 3. The monoisotopic (exact) mass is 492 g/mol. The van der Waals surface area contributed by atoms with Crippen molar-refractivity contribution in [2.24, 2.45) is 0 Å². The lowest BCUT2D eigenvalue weighted by Gasteiger charge is -2.26. The van der Waals surface area contributed by atoms with E-state index in [1.807, 2.05) is 48.5 Å². The van der Waals surface area contributed by atoms with Gasteiger partial charge in [-0.15, -0.1) is 11.3 Å². The lowest BCUT2D eigenvalue weighted by molar-refractivity contribution is -0.149. The number of aliphatic hydroxyl groups excluding tert-OH is 1. The van der Waals surface area contributed by atoms with Crippen molar-refractivity contribution in [2.75, 3.05) is 13.2 Å². The maximum atomic E-state index is 13.3. The maximum absolute atomic E-state index is 13.3. The van der Waals surface area contributed by atoms with Gasteiger partial charge in [-0.05, 0) is 33.7 Å². The molecule has 1 aliphatic carbocycles. The SMILES string of the molecule is O=C(NC(C(=O)N1C[C@H](O)C[C@@H]1C(=O)O)c1cccs1)OCC1c2ccccc2-c2ccccc21. The number of carbonyl (C=O) groups excluding carboxylic acids is 2. The summed E-state index contributed by atoms with van der Waals surface area (Å²) in [6.45, 7) is -0.0184. The quantitative estimate of drug-likeness (QED) is 0.486. The number of carboxylic acid groups (broad SMARTS) is 1. The molecule has 0 bridgehead atoms. The molecule has 1 unspecified atom stereocenters. The number of amides is 2. The van der Waals surface area contributed by atoms with Crippen LogP contribution in [0.1, 0.15) is 34.4 Å². The summed E-state index contributed by atoms with van der Waals surface area (Å²) < 4.78 is 5.59. The molecule has 35 heavy (non-hydrogen) atoms. The van der Waals surface area contributed by atoms with Crippen molar-refractivity contribution >= 4 is 29.3 Å². The number of benzene rings is 2. The van der Waals surface area contributed by atoms with Crippen LogP contribution >= 0.6 is 11.3 Å². The molecule has 1 aromatic heterocycles. The number of aliphatic hydroxyl groups is 1. The van der Waals surface area contributed by atoms with Crippen LogP contribution < -0.4 is 5.32 Å². The topological polar surface area (TPSA) is 116 Å². The van der Waals surface area contributed by atoms with E-state index in [0.717, 1.165) is 27.2 Å². The number of fused-ring (bicyclic) bond motifs is 3. The van der Waals surface area contributed by atoms with Gasteiger partial charge in [0, 0.05) is 23.8 Å². The Morgan fingerprint density at radius 2 is 1.69 bits per heavy atom. The first-order chi connectivity index (χ1) is 16.9. The van der Waals surface area contributed by atoms with Crippen molar-refractivity contribution < 1.29 is 29.3 Å². The van der Waals surface area contributed by atoms with E-state index in [4.69, 9.17) is 4.74 Å². The Morgan fingerprint density at radius 1 is 1.03 bits per heavy atom. The zero-order valence-corrected chi connectivity index (χ0v) is 19.5. The molecule has 2 aliphatic rings. The van der Waals surface area contributed by atoms with Crippen molar-refractivity contribution in [1.29, 1.82) is 0 Å². The van der Waals surface area contributed by atoms with Crippen LogP contribution in [0.2, 0.25) is 0 Å². The van der Waals surface area contributed by atoms with Gasteiger partial charge in [-0.1, -0.05) is 54.6 Å². The highest BCUT2D eigenvalue weighted by atomic mass is 32.1. The number of ether oxygens (including phenoxy) is 1. The molecule has 3 aromatic rings. The molecule has 2 heterocycles. The Hall–Kier alpha value is -3.69. The van der Waals surface area contributed by atoms with E-state index < -0.39 is 36.2 Å². The van der Waals surface area contributed by atoms with E-state index >= 15 is 0 Å². The normalized spacial score (nSPS) is 19.6. The van der Waals surface area contributed by atoms with Gasteiger partial charge in [0.2, 0.25) is 0 Å². The molecule has 180 valence electrons. The largest absolute Gasteiger partial charge is 0.480 e. The predicted octanol–water partition coefficient (Wildman–Crippen LogP) is 3.37. The maximum Gasteiger partial charge on any atom is 0.408 e. The Bertz CT molecular complexity index is 1210. The summed E-state index contributed by atoms with van der Waals surface area (Å²) >= 11 is 1.27. The lowest BCUT2D eigenvalue weighted by atomic mass is 9.98. The first kappa shape index (κ1) is 23.1. The van der Waals surface area contributed by atoms with Crippen LogP contribution in [0.15, 0.2) is 66.0 Å². The number of hydrogen-bond acceptors (Lipinski definition) is 6. The number of nitrogens with one attached hydrogen (secondary N) is 1. The van der Waals surface area contributed by atoms with Gasteiger partial charge in [0.1, 0.15) is 18.7 Å². The molecule has 3 N–H and O–H groups in total. The van der Waals surface area contributed by atoms with E-state index in [2.05, 4.69) is 5.32 Å². The molecule has 2 amide bonds. The zero-order chi connectivity index (χ0) is 24.5. The highest BCUT2D eigenvalue weighted by Crippen LogP contribution is 2.44. The van der Waals surface area contributed by atoms with Gasteiger partial charge in [0.25, 0.3) is 5.91 Å². The summed E-state index contributed by atoms with van der Waals surface area (Å²) in [6, 6.07) is 17.2. The smallest absolute Gasteiger partial charge is 0.408 e. The summed E-state index contributed by atoms with van der Waals surface area (Å²) in [7, 11) is 0. The molecule has 3 atom stereocenters. The van der Waals surface area contributed by atoms with Crippen LogP contribution in [0.4, 0.5) is 4.79 Å². The van der Waals surface area contributed by atoms with E-state index in [1.165, 1.54) is 11.3 Å². The number of alkyl carbamates (subject to hydrolysis) is 1. The fourth-order valence-electron chi connectivity index (χ4n) is 4.93. The highest BCUT2D eigenvalue weighted by molar-refractivity contribution is 7.10. The molecule has 0 spiro atoms. The molecule has 1 fully saturated rings. The van der Waals surface area contributed by atoms with Gasteiger partial charge in [-0.25, -0.2) is 9.59 Å². The second-order valence-corrected chi connectivity index (χ2v) is 9.63. The van der Waals surface area contributed by atoms with Gasteiger partial charge in [0.15, 0.2) is 0 Å². The number of nitrogens with zero attached hydrogens (tertiary/aromatic N) is 1. The Morgan fingerprint density at radius 3 is 2.29 bits per heavy atom. The number of likely N-dealkylation sites (tertiary alicyclic amines) is 1. The van der Waals surface area contributed by atoms with E-state index in [9.17, 15) is 24.6 Å². The average Bonchev–Trinajstić information content (AvgIpc) is 3.59. The first-order valence-corrected chi connectivity index (χ1v) is 12.2. The van der Waals surface area contributed by atoms with Gasteiger partial charge in [0.05, 0.1) is 6.10 Å². The summed E-state index contributed by atoms with van der Waals surface area (Å²) in [6.07, 6.45) is -1.76. The molecule has 8 nitrogen and oxygen atoms in total. The minimum absolute atomic E-state index is 0.0524.